The molecule has 0 bridgehead atoms. The van der Waals surface area contributed by atoms with Crippen LogP contribution >= 0.6 is 0 Å². The highest BCUT2D eigenvalue weighted by Crippen LogP contribution is 2.18. The quantitative estimate of drug-likeness (QED) is 0.596. The Kier molecular flexibility index (Phi) is 9.74. The molecule has 0 atom stereocenters. The summed E-state index contributed by atoms with van der Waals surface area (Å²) in [5.41, 5.74) is 1.33. The maximum Gasteiger partial charge on any atom is 0.0457 e. The van der Waals surface area contributed by atoms with Gasteiger partial charge < -0.3 is 0 Å². The van der Waals surface area contributed by atoms with Crippen molar-refractivity contribution in [3.63, 3.8) is 0 Å². The Morgan fingerprint density at radius 2 is 1.43 bits per heavy atom. The van der Waals surface area contributed by atoms with Crippen molar-refractivity contribution in [2.24, 2.45) is 0 Å². The van der Waals surface area contributed by atoms with Crippen LogP contribution in [0.4, 0.5) is 0 Å². The van der Waals surface area contributed by atoms with Gasteiger partial charge in [-0.1, -0.05) is 54.5 Å². The van der Waals surface area contributed by atoms with E-state index in [1.54, 1.807) is 0 Å². The van der Waals surface area contributed by atoms with E-state index in [1.165, 1.54) is 0 Å². The van der Waals surface area contributed by atoms with Crippen molar-refractivity contribution in [1.29, 1.82) is 0 Å². The monoisotopic (exact) mass is 195 g/mol. The first-order valence-corrected chi connectivity index (χ1v) is 5.52. The molecular weight excluding hydrogens is 170 g/mol. The van der Waals surface area contributed by atoms with Crippen molar-refractivity contribution in [2.45, 2.75) is 53.9 Å². The Hall–Kier alpha value is -0.850. The van der Waals surface area contributed by atoms with Crippen LogP contribution in [0.25, 0.3) is 0 Å². The number of nitrogens with zero attached hydrogens (tertiary/aromatic N) is 1. The molecule has 0 unspecified atom stereocenters. The molecule has 0 fully saturated rings. The summed E-state index contributed by atoms with van der Waals surface area (Å²) in [5, 5.41) is 0. The van der Waals surface area contributed by atoms with Crippen molar-refractivity contribution in [1.82, 2.24) is 4.98 Å². The van der Waals surface area contributed by atoms with Crippen molar-refractivity contribution in [3.8, 4) is 0 Å². The molecule has 0 aliphatic heterocycles. The van der Waals surface area contributed by atoms with Gasteiger partial charge in [-0.25, -0.2) is 0 Å². The van der Waals surface area contributed by atoms with Gasteiger partial charge in [0.05, 0.1) is 0 Å². The predicted octanol–water partition coefficient (Wildman–Crippen LogP) is 4.43. The Morgan fingerprint density at radius 1 is 0.929 bits per heavy atom. The van der Waals surface area contributed by atoms with Crippen LogP contribution < -0.4 is 0 Å². The molecule has 82 valence electrons. The van der Waals surface area contributed by atoms with Crippen LogP contribution in [0.1, 0.15) is 54.2 Å². The number of hydrogen-bond donors (Lipinski definition) is 0. The zero-order valence-electron chi connectivity index (χ0n) is 10.8. The van der Waals surface area contributed by atoms with E-state index in [-0.39, 0.29) is 5.41 Å². The second-order valence-corrected chi connectivity index (χ2v) is 3.46. The van der Waals surface area contributed by atoms with Crippen molar-refractivity contribution in [2.75, 3.05) is 0 Å². The highest BCUT2D eigenvalue weighted by molar-refractivity contribution is 5.12. The molecule has 1 aromatic rings. The average molecular weight is 195 g/mol. The molecule has 0 aliphatic rings. The Morgan fingerprint density at radius 3 is 1.64 bits per heavy atom. The fraction of sp³-hybridized carbons (Fsp3) is 0.615. The van der Waals surface area contributed by atoms with E-state index in [2.05, 4.69) is 31.8 Å². The molecule has 0 aliphatic carbocycles. The first kappa shape index (κ1) is 15.6. The summed E-state index contributed by atoms with van der Waals surface area (Å²) >= 11 is 0. The van der Waals surface area contributed by atoms with Crippen molar-refractivity contribution < 1.29 is 0 Å². The van der Waals surface area contributed by atoms with Gasteiger partial charge in [-0.2, -0.15) is 0 Å². The maximum atomic E-state index is 4.25. The molecule has 1 aromatic heterocycles. The van der Waals surface area contributed by atoms with Crippen LogP contribution in [0.2, 0.25) is 0 Å². The molecule has 1 heteroatoms. The number of pyridine rings is 1. The van der Waals surface area contributed by atoms with E-state index in [0.29, 0.717) is 0 Å². The van der Waals surface area contributed by atoms with Gasteiger partial charge in [0.15, 0.2) is 0 Å². The topological polar surface area (TPSA) is 12.9 Å². The lowest BCUT2D eigenvalue weighted by atomic mass is 9.92. The largest absolute Gasteiger partial charge is 0.261 e. The lowest BCUT2D eigenvalue weighted by Gasteiger charge is -2.16. The summed E-state index contributed by atoms with van der Waals surface area (Å²) in [4.78, 5) is 4.25. The zero-order chi connectivity index (χ0) is 11.6. The lowest BCUT2D eigenvalue weighted by molar-refractivity contribution is 0.569. The van der Waals surface area contributed by atoms with Gasteiger partial charge in [0.2, 0.25) is 0 Å². The Bertz CT molecular complexity index is 196. The summed E-state index contributed by atoms with van der Waals surface area (Å²) in [5.74, 6) is 0. The van der Waals surface area contributed by atoms with Crippen LogP contribution in [0.15, 0.2) is 24.4 Å². The molecule has 0 amide bonds. The second-order valence-electron chi connectivity index (χ2n) is 3.46. The average Bonchev–Trinajstić information content (AvgIpc) is 2.24. The normalized spacial score (nSPS) is 9.07. The van der Waals surface area contributed by atoms with E-state index in [9.17, 15) is 0 Å². The number of aromatic nitrogens is 1. The van der Waals surface area contributed by atoms with Crippen LogP contribution in [-0.4, -0.2) is 4.98 Å². The predicted molar refractivity (Wildman–Crippen MR) is 65.6 cm³/mol. The molecular formula is C13H25N. The SMILES string of the molecule is CC.CC.CC(C)(C)c1ccccn1. The molecule has 1 heterocycles. The summed E-state index contributed by atoms with van der Waals surface area (Å²) in [6, 6.07) is 6.02. The summed E-state index contributed by atoms with van der Waals surface area (Å²) in [7, 11) is 0. The summed E-state index contributed by atoms with van der Waals surface area (Å²) in [6.07, 6.45) is 1.83. The van der Waals surface area contributed by atoms with E-state index in [1.807, 2.05) is 46.0 Å². The van der Waals surface area contributed by atoms with Gasteiger partial charge in [0, 0.05) is 17.3 Å². The van der Waals surface area contributed by atoms with Gasteiger partial charge >= 0.3 is 0 Å². The van der Waals surface area contributed by atoms with Gasteiger partial charge in [0.25, 0.3) is 0 Å². The molecule has 0 aromatic carbocycles. The van der Waals surface area contributed by atoms with Gasteiger partial charge in [-0.05, 0) is 12.1 Å². The maximum absolute atomic E-state index is 4.25. The fourth-order valence-electron chi connectivity index (χ4n) is 0.806. The smallest absolute Gasteiger partial charge is 0.0457 e. The summed E-state index contributed by atoms with van der Waals surface area (Å²) < 4.78 is 0. The van der Waals surface area contributed by atoms with Crippen molar-refractivity contribution >= 4 is 0 Å². The third-order valence-corrected chi connectivity index (χ3v) is 1.43. The van der Waals surface area contributed by atoms with Gasteiger partial charge in [-0.15, -0.1) is 0 Å². The standard InChI is InChI=1S/C9H13N.2C2H6/c1-9(2,3)8-6-4-5-7-10-8;2*1-2/h4-7H,1-3H3;2*1-2H3. The van der Waals surface area contributed by atoms with Crippen molar-refractivity contribution in [3.05, 3.63) is 30.1 Å². The highest BCUT2D eigenvalue weighted by atomic mass is 14.7. The molecule has 0 spiro atoms. The minimum Gasteiger partial charge on any atom is -0.261 e. The van der Waals surface area contributed by atoms with Crippen LogP contribution in [0, 0.1) is 0 Å². The van der Waals surface area contributed by atoms with E-state index in [0.717, 1.165) is 5.69 Å². The van der Waals surface area contributed by atoms with Crippen LogP contribution in [-0.2, 0) is 5.41 Å². The molecule has 14 heavy (non-hydrogen) atoms. The third-order valence-electron chi connectivity index (χ3n) is 1.43. The highest BCUT2D eigenvalue weighted by Gasteiger charge is 2.13. The third kappa shape index (κ3) is 6.64. The lowest BCUT2D eigenvalue weighted by Crippen LogP contribution is -2.12. The van der Waals surface area contributed by atoms with E-state index >= 15 is 0 Å². The van der Waals surface area contributed by atoms with E-state index < -0.39 is 0 Å². The first-order valence-electron chi connectivity index (χ1n) is 5.52. The number of hydrogen-bond acceptors (Lipinski definition) is 1. The Balaban J connectivity index is 0. The molecule has 0 saturated carbocycles. The Labute approximate surface area is 89.6 Å². The summed E-state index contributed by atoms with van der Waals surface area (Å²) in [6.45, 7) is 14.5. The molecule has 0 radical (unpaired) electrons. The minimum atomic E-state index is 0.182. The first-order chi connectivity index (χ1) is 6.61. The molecule has 0 N–H and O–H groups in total. The van der Waals surface area contributed by atoms with Gasteiger partial charge in [-0.3, -0.25) is 4.98 Å². The van der Waals surface area contributed by atoms with E-state index in [4.69, 9.17) is 0 Å². The van der Waals surface area contributed by atoms with Crippen LogP contribution in [0.5, 0.6) is 0 Å². The number of rotatable bonds is 0. The second kappa shape index (κ2) is 8.74. The molecule has 1 rings (SSSR count). The molecule has 0 saturated heterocycles. The molecule has 1 nitrogen and oxygen atoms in total. The van der Waals surface area contributed by atoms with Crippen LogP contribution in [0.3, 0.4) is 0 Å². The zero-order valence-corrected chi connectivity index (χ0v) is 10.8. The van der Waals surface area contributed by atoms with Gasteiger partial charge in [0.1, 0.15) is 0 Å². The fourth-order valence-corrected chi connectivity index (χ4v) is 0.806. The minimum absolute atomic E-state index is 0.182.